The molecular formula is C8H6ClN3O. The molecule has 0 unspecified atom stereocenters. The van der Waals surface area contributed by atoms with Gasteiger partial charge in [0, 0.05) is 6.20 Å². The van der Waals surface area contributed by atoms with Gasteiger partial charge in [0.05, 0.1) is 23.0 Å². The molecule has 0 amide bonds. The average molecular weight is 196 g/mol. The molecular weight excluding hydrogens is 190 g/mol. The number of fused-ring (bicyclic) bond motifs is 1. The van der Waals surface area contributed by atoms with Gasteiger partial charge in [-0.1, -0.05) is 11.6 Å². The van der Waals surface area contributed by atoms with Gasteiger partial charge in [0.15, 0.2) is 11.4 Å². The lowest BCUT2D eigenvalue weighted by molar-refractivity contribution is 0.101. The number of carbonyl (C=O) groups is 1. The van der Waals surface area contributed by atoms with Crippen LogP contribution in [0.1, 0.15) is 17.3 Å². The van der Waals surface area contributed by atoms with Crippen molar-refractivity contribution in [3.8, 4) is 0 Å². The number of hydrogen-bond acceptors (Lipinski definition) is 3. The average Bonchev–Trinajstić information content (AvgIpc) is 2.46. The number of hydrogen-bond donors (Lipinski definition) is 0. The number of rotatable bonds is 1. The summed E-state index contributed by atoms with van der Waals surface area (Å²) in [7, 11) is 0. The summed E-state index contributed by atoms with van der Waals surface area (Å²) in [5.74, 6) is -0.0511. The Labute approximate surface area is 79.2 Å². The first-order valence-corrected chi connectivity index (χ1v) is 4.06. The molecule has 0 N–H and O–H groups in total. The number of carbonyl (C=O) groups excluding carboxylic acids is 1. The smallest absolute Gasteiger partial charge is 0.165 e. The van der Waals surface area contributed by atoms with Crippen LogP contribution in [0.15, 0.2) is 18.6 Å². The molecule has 0 aliphatic carbocycles. The lowest BCUT2D eigenvalue weighted by Gasteiger charge is -1.93. The van der Waals surface area contributed by atoms with Gasteiger partial charge in [0.1, 0.15) is 0 Å². The molecule has 0 aliphatic rings. The number of ketones is 1. The first-order chi connectivity index (χ1) is 6.18. The summed E-state index contributed by atoms with van der Waals surface area (Å²) in [5.41, 5.74) is 1.05. The van der Waals surface area contributed by atoms with Gasteiger partial charge >= 0.3 is 0 Å². The summed E-state index contributed by atoms with van der Waals surface area (Å²) in [5, 5.41) is 4.44. The summed E-state index contributed by atoms with van der Waals surface area (Å²) in [6.07, 6.45) is 4.59. The van der Waals surface area contributed by atoms with Crippen molar-refractivity contribution < 1.29 is 4.79 Å². The highest BCUT2D eigenvalue weighted by Gasteiger charge is 2.08. The van der Waals surface area contributed by atoms with E-state index in [9.17, 15) is 4.79 Å². The maximum atomic E-state index is 11.1. The number of aromatic nitrogens is 3. The van der Waals surface area contributed by atoms with Crippen LogP contribution in [0.3, 0.4) is 0 Å². The Bertz CT molecular complexity index is 477. The van der Waals surface area contributed by atoms with Crippen LogP contribution in [0, 0.1) is 0 Å². The van der Waals surface area contributed by atoms with Gasteiger partial charge in [0.25, 0.3) is 0 Å². The fraction of sp³-hybridized carbons (Fsp3) is 0.125. The topological polar surface area (TPSA) is 47.3 Å². The minimum absolute atomic E-state index is 0.0511. The lowest BCUT2D eigenvalue weighted by Crippen LogP contribution is -1.94. The van der Waals surface area contributed by atoms with E-state index in [4.69, 9.17) is 11.6 Å². The van der Waals surface area contributed by atoms with Crippen LogP contribution in [0.4, 0.5) is 0 Å². The standard InChI is InChI=1S/C8H6ClN3O/c1-5(13)7-3-11-12-4-6(9)2-10-8(7)12/h2-4H,1H3. The van der Waals surface area contributed by atoms with E-state index in [1.807, 2.05) is 0 Å². The molecule has 0 radical (unpaired) electrons. The predicted octanol–water partition coefficient (Wildman–Crippen LogP) is 1.59. The zero-order chi connectivity index (χ0) is 9.42. The van der Waals surface area contributed by atoms with Gasteiger partial charge in [-0.2, -0.15) is 5.10 Å². The molecule has 2 rings (SSSR count). The van der Waals surface area contributed by atoms with Gasteiger partial charge in [-0.05, 0) is 6.92 Å². The van der Waals surface area contributed by atoms with Gasteiger partial charge in [-0.25, -0.2) is 9.50 Å². The lowest BCUT2D eigenvalue weighted by atomic mass is 10.2. The minimum atomic E-state index is -0.0511. The molecule has 0 saturated carbocycles. The third kappa shape index (κ3) is 1.29. The first kappa shape index (κ1) is 8.19. The SMILES string of the molecule is CC(=O)c1cnn2cc(Cl)cnc12. The van der Waals surface area contributed by atoms with Crippen molar-refractivity contribution in [2.45, 2.75) is 6.92 Å². The molecule has 66 valence electrons. The highest BCUT2D eigenvalue weighted by Crippen LogP contribution is 2.11. The molecule has 0 fully saturated rings. The first-order valence-electron chi connectivity index (χ1n) is 3.68. The van der Waals surface area contributed by atoms with E-state index in [1.54, 1.807) is 6.20 Å². The maximum absolute atomic E-state index is 11.1. The number of halogens is 1. The zero-order valence-corrected chi connectivity index (χ0v) is 7.62. The number of Topliss-reactive ketones (excluding diaryl/α,β-unsaturated/α-hetero) is 1. The van der Waals surface area contributed by atoms with Crippen molar-refractivity contribution in [3.63, 3.8) is 0 Å². The Morgan fingerprint density at radius 1 is 1.54 bits per heavy atom. The van der Waals surface area contributed by atoms with Crippen LogP contribution in [0.2, 0.25) is 5.02 Å². The molecule has 2 aromatic rings. The molecule has 0 aliphatic heterocycles. The van der Waals surface area contributed by atoms with Crippen molar-refractivity contribution in [2.24, 2.45) is 0 Å². The summed E-state index contributed by atoms with van der Waals surface area (Å²) in [6, 6.07) is 0. The second-order valence-electron chi connectivity index (χ2n) is 2.65. The van der Waals surface area contributed by atoms with Crippen molar-refractivity contribution in [2.75, 3.05) is 0 Å². The van der Waals surface area contributed by atoms with Crippen molar-refractivity contribution in [3.05, 3.63) is 29.2 Å². The van der Waals surface area contributed by atoms with Gasteiger partial charge in [0.2, 0.25) is 0 Å². The van der Waals surface area contributed by atoms with Crippen LogP contribution in [-0.2, 0) is 0 Å². The fourth-order valence-corrected chi connectivity index (χ4v) is 1.24. The van der Waals surface area contributed by atoms with E-state index < -0.39 is 0 Å². The van der Waals surface area contributed by atoms with E-state index in [-0.39, 0.29) is 5.78 Å². The normalized spacial score (nSPS) is 10.6. The summed E-state index contributed by atoms with van der Waals surface area (Å²) >= 11 is 5.70. The third-order valence-corrected chi connectivity index (χ3v) is 1.90. The summed E-state index contributed by atoms with van der Waals surface area (Å²) in [4.78, 5) is 15.1. The van der Waals surface area contributed by atoms with Crippen molar-refractivity contribution in [1.82, 2.24) is 14.6 Å². The van der Waals surface area contributed by atoms with Crippen LogP contribution in [0.5, 0.6) is 0 Å². The molecule has 0 atom stereocenters. The molecule has 2 aromatic heterocycles. The van der Waals surface area contributed by atoms with Gasteiger partial charge < -0.3 is 0 Å². The van der Waals surface area contributed by atoms with Crippen LogP contribution < -0.4 is 0 Å². The molecule has 0 bridgehead atoms. The van der Waals surface area contributed by atoms with Crippen molar-refractivity contribution >= 4 is 23.0 Å². The molecule has 13 heavy (non-hydrogen) atoms. The van der Waals surface area contributed by atoms with Crippen LogP contribution in [-0.4, -0.2) is 20.4 Å². The maximum Gasteiger partial charge on any atom is 0.165 e. The molecule has 5 heteroatoms. The second kappa shape index (κ2) is 2.81. The Morgan fingerprint density at radius 3 is 3.00 bits per heavy atom. The van der Waals surface area contributed by atoms with E-state index >= 15 is 0 Å². The van der Waals surface area contributed by atoms with Crippen LogP contribution >= 0.6 is 11.6 Å². The van der Waals surface area contributed by atoms with Crippen LogP contribution in [0.25, 0.3) is 5.65 Å². The summed E-state index contributed by atoms with van der Waals surface area (Å²) in [6.45, 7) is 1.48. The monoisotopic (exact) mass is 195 g/mol. The fourth-order valence-electron chi connectivity index (χ4n) is 1.10. The Hall–Kier alpha value is -1.42. The van der Waals surface area contributed by atoms with E-state index in [2.05, 4.69) is 10.1 Å². The highest BCUT2D eigenvalue weighted by molar-refractivity contribution is 6.30. The molecule has 0 saturated heterocycles. The minimum Gasteiger partial charge on any atom is -0.294 e. The Kier molecular flexibility index (Phi) is 1.77. The van der Waals surface area contributed by atoms with E-state index in [1.165, 1.54) is 23.8 Å². The highest BCUT2D eigenvalue weighted by atomic mass is 35.5. The molecule has 0 spiro atoms. The summed E-state index contributed by atoms with van der Waals surface area (Å²) < 4.78 is 1.49. The predicted molar refractivity (Wildman–Crippen MR) is 48.0 cm³/mol. The number of nitrogens with zero attached hydrogens (tertiary/aromatic N) is 3. The molecule has 4 nitrogen and oxygen atoms in total. The van der Waals surface area contributed by atoms with Gasteiger partial charge in [-0.3, -0.25) is 4.79 Å². The molecule has 2 heterocycles. The zero-order valence-electron chi connectivity index (χ0n) is 6.86. The Balaban J connectivity index is 2.76. The largest absolute Gasteiger partial charge is 0.294 e. The van der Waals surface area contributed by atoms with E-state index in [0.717, 1.165) is 0 Å². The second-order valence-corrected chi connectivity index (χ2v) is 3.09. The van der Waals surface area contributed by atoms with Crippen molar-refractivity contribution in [1.29, 1.82) is 0 Å². The van der Waals surface area contributed by atoms with Gasteiger partial charge in [-0.15, -0.1) is 0 Å². The quantitative estimate of drug-likeness (QED) is 0.650. The Morgan fingerprint density at radius 2 is 2.31 bits per heavy atom. The molecule has 0 aromatic carbocycles. The van der Waals surface area contributed by atoms with E-state index in [0.29, 0.717) is 16.2 Å². The third-order valence-electron chi connectivity index (χ3n) is 1.70.